The molecule has 1 aromatic heterocycles. The number of hydrogen-bond donors (Lipinski definition) is 1. The van der Waals surface area contributed by atoms with Crippen molar-refractivity contribution in [3.8, 4) is 11.5 Å². The number of aromatic nitrogens is 2. The zero-order valence-corrected chi connectivity index (χ0v) is 16.4. The Balaban J connectivity index is 1.75. The highest BCUT2D eigenvalue weighted by Crippen LogP contribution is 2.24. The maximum Gasteiger partial charge on any atom is 0.277 e. The number of hydrogen-bond acceptors (Lipinski definition) is 5. The van der Waals surface area contributed by atoms with Crippen LogP contribution in [0.4, 0.5) is 0 Å². The van der Waals surface area contributed by atoms with E-state index in [2.05, 4.69) is 29.4 Å². The first kappa shape index (κ1) is 19.8. The molecule has 136 valence electrons. The molecule has 5 nitrogen and oxygen atoms in total. The monoisotopic (exact) mass is 381 g/mol. The van der Waals surface area contributed by atoms with Crippen LogP contribution in [0.2, 0.25) is 5.02 Å². The van der Waals surface area contributed by atoms with Crippen LogP contribution >= 0.6 is 23.4 Å². The predicted molar refractivity (Wildman–Crippen MR) is 102 cm³/mol. The number of nitrogens with zero attached hydrogens (tertiary/aromatic N) is 2. The average Bonchev–Trinajstić information content (AvgIpc) is 3.02. The molecule has 25 heavy (non-hydrogen) atoms. The zero-order chi connectivity index (χ0) is 18.2. The number of thioether (sulfide) groups is 1. The van der Waals surface area contributed by atoms with E-state index in [-0.39, 0.29) is 17.7 Å². The maximum absolute atomic E-state index is 12.0. The van der Waals surface area contributed by atoms with E-state index in [0.29, 0.717) is 22.1 Å². The molecular formula is C18H24ClN3O2S. The Bertz CT molecular complexity index is 673. The number of benzene rings is 1. The van der Waals surface area contributed by atoms with Gasteiger partial charge in [-0.15, -0.1) is 10.2 Å². The second-order valence-corrected chi connectivity index (χ2v) is 7.83. The average molecular weight is 382 g/mol. The number of carbonyl (C=O) groups excluding carboxylic acids is 1. The highest BCUT2D eigenvalue weighted by atomic mass is 35.5. The van der Waals surface area contributed by atoms with Gasteiger partial charge in [0.15, 0.2) is 0 Å². The SMILES string of the molecule is CC(C)CCCC(C)NC(=O)CSc1nnc(-c2ccc(Cl)cc2)o1. The molecular weight excluding hydrogens is 358 g/mol. The summed E-state index contributed by atoms with van der Waals surface area (Å²) >= 11 is 7.10. The Morgan fingerprint density at radius 3 is 2.60 bits per heavy atom. The van der Waals surface area contributed by atoms with Crippen molar-refractivity contribution in [1.82, 2.24) is 15.5 Å². The van der Waals surface area contributed by atoms with Crippen LogP contribution in [0.5, 0.6) is 0 Å². The van der Waals surface area contributed by atoms with E-state index in [1.807, 2.05) is 19.1 Å². The third-order valence-electron chi connectivity index (χ3n) is 3.65. The second kappa shape index (κ2) is 9.82. The minimum atomic E-state index is -0.0201. The molecule has 1 atom stereocenters. The van der Waals surface area contributed by atoms with E-state index in [4.69, 9.17) is 16.0 Å². The van der Waals surface area contributed by atoms with Gasteiger partial charge in [-0.3, -0.25) is 4.79 Å². The van der Waals surface area contributed by atoms with Crippen LogP contribution in [0.15, 0.2) is 33.9 Å². The topological polar surface area (TPSA) is 68.0 Å². The standard InChI is InChI=1S/C18H24ClN3O2S/c1-12(2)5-4-6-13(3)20-16(23)11-25-18-22-21-17(24-18)14-7-9-15(19)10-8-14/h7-10,12-13H,4-6,11H2,1-3H3,(H,20,23). The minimum Gasteiger partial charge on any atom is -0.411 e. The number of amides is 1. The molecule has 2 rings (SSSR count). The minimum absolute atomic E-state index is 0.0201. The second-order valence-electron chi connectivity index (χ2n) is 6.46. The van der Waals surface area contributed by atoms with Gasteiger partial charge in [-0.05, 0) is 43.5 Å². The van der Waals surface area contributed by atoms with Crippen molar-refractivity contribution in [3.63, 3.8) is 0 Å². The van der Waals surface area contributed by atoms with E-state index in [1.54, 1.807) is 12.1 Å². The third kappa shape index (κ3) is 7.08. The van der Waals surface area contributed by atoms with E-state index in [1.165, 1.54) is 18.2 Å². The summed E-state index contributed by atoms with van der Waals surface area (Å²) in [5.74, 6) is 1.36. The largest absolute Gasteiger partial charge is 0.411 e. The lowest BCUT2D eigenvalue weighted by molar-refractivity contribution is -0.119. The molecule has 7 heteroatoms. The Kier molecular flexibility index (Phi) is 7.78. The summed E-state index contributed by atoms with van der Waals surface area (Å²) in [6.45, 7) is 6.46. The first-order valence-electron chi connectivity index (χ1n) is 8.45. The first-order valence-corrected chi connectivity index (χ1v) is 9.82. The van der Waals surface area contributed by atoms with Crippen LogP contribution in [0.25, 0.3) is 11.5 Å². The first-order chi connectivity index (χ1) is 11.9. The summed E-state index contributed by atoms with van der Waals surface area (Å²) in [6, 6.07) is 7.34. The van der Waals surface area contributed by atoms with Crippen molar-refractivity contribution in [3.05, 3.63) is 29.3 Å². The molecule has 0 spiro atoms. The molecule has 0 aliphatic carbocycles. The van der Waals surface area contributed by atoms with Gasteiger partial charge in [0, 0.05) is 16.6 Å². The normalized spacial score (nSPS) is 12.4. The predicted octanol–water partition coefficient (Wildman–Crippen LogP) is 4.81. The van der Waals surface area contributed by atoms with E-state index in [0.717, 1.165) is 18.4 Å². The van der Waals surface area contributed by atoms with Crippen molar-refractivity contribution in [2.24, 2.45) is 5.92 Å². The van der Waals surface area contributed by atoms with Crippen LogP contribution < -0.4 is 5.32 Å². The molecule has 1 heterocycles. The number of nitrogens with one attached hydrogen (secondary N) is 1. The third-order valence-corrected chi connectivity index (χ3v) is 4.72. The van der Waals surface area contributed by atoms with Crippen LogP contribution in [0, 0.1) is 5.92 Å². The Hall–Kier alpha value is -1.53. The summed E-state index contributed by atoms with van der Waals surface area (Å²) in [7, 11) is 0. The van der Waals surface area contributed by atoms with Gasteiger partial charge in [-0.2, -0.15) is 0 Å². The zero-order valence-electron chi connectivity index (χ0n) is 14.8. The summed E-state index contributed by atoms with van der Waals surface area (Å²) in [5.41, 5.74) is 0.798. The van der Waals surface area contributed by atoms with Gasteiger partial charge >= 0.3 is 0 Å². The van der Waals surface area contributed by atoms with Crippen molar-refractivity contribution in [1.29, 1.82) is 0 Å². The lowest BCUT2D eigenvalue weighted by Crippen LogP contribution is -2.33. The van der Waals surface area contributed by atoms with Gasteiger partial charge in [0.05, 0.1) is 5.75 Å². The van der Waals surface area contributed by atoms with Crippen molar-refractivity contribution < 1.29 is 9.21 Å². The van der Waals surface area contributed by atoms with E-state index < -0.39 is 0 Å². The van der Waals surface area contributed by atoms with Crippen molar-refractivity contribution in [2.45, 2.75) is 51.3 Å². The van der Waals surface area contributed by atoms with Crippen LogP contribution in [-0.4, -0.2) is 27.9 Å². The van der Waals surface area contributed by atoms with Gasteiger partial charge in [-0.25, -0.2) is 0 Å². The number of rotatable bonds is 9. The summed E-state index contributed by atoms with van der Waals surface area (Å²) in [6.07, 6.45) is 3.31. The maximum atomic E-state index is 12.0. The Morgan fingerprint density at radius 2 is 1.92 bits per heavy atom. The van der Waals surface area contributed by atoms with Crippen LogP contribution in [-0.2, 0) is 4.79 Å². The van der Waals surface area contributed by atoms with Crippen LogP contribution in [0.1, 0.15) is 40.0 Å². The molecule has 1 N–H and O–H groups in total. The van der Waals surface area contributed by atoms with Gasteiger partial charge in [0.25, 0.3) is 5.22 Å². The highest BCUT2D eigenvalue weighted by molar-refractivity contribution is 7.99. The number of carbonyl (C=O) groups is 1. The molecule has 0 radical (unpaired) electrons. The molecule has 1 amide bonds. The Morgan fingerprint density at radius 1 is 1.20 bits per heavy atom. The number of halogens is 1. The van der Waals surface area contributed by atoms with Crippen LogP contribution in [0.3, 0.4) is 0 Å². The fraction of sp³-hybridized carbons (Fsp3) is 0.500. The fourth-order valence-electron chi connectivity index (χ4n) is 2.33. The van der Waals surface area contributed by atoms with Crippen molar-refractivity contribution in [2.75, 3.05) is 5.75 Å². The molecule has 0 saturated carbocycles. The van der Waals surface area contributed by atoms with Gasteiger partial charge < -0.3 is 9.73 Å². The Labute approximate surface area is 157 Å². The molecule has 2 aromatic rings. The molecule has 1 unspecified atom stereocenters. The fourth-order valence-corrected chi connectivity index (χ4v) is 3.03. The molecule has 0 fully saturated rings. The lowest BCUT2D eigenvalue weighted by atomic mass is 10.0. The van der Waals surface area contributed by atoms with E-state index in [9.17, 15) is 4.79 Å². The van der Waals surface area contributed by atoms with E-state index >= 15 is 0 Å². The van der Waals surface area contributed by atoms with Crippen molar-refractivity contribution >= 4 is 29.3 Å². The summed E-state index contributed by atoms with van der Waals surface area (Å²) in [4.78, 5) is 12.0. The summed E-state index contributed by atoms with van der Waals surface area (Å²) in [5, 5.41) is 12.0. The van der Waals surface area contributed by atoms with Gasteiger partial charge in [-0.1, -0.05) is 50.1 Å². The molecule has 0 saturated heterocycles. The summed E-state index contributed by atoms with van der Waals surface area (Å²) < 4.78 is 5.57. The lowest BCUT2D eigenvalue weighted by Gasteiger charge is -2.14. The quantitative estimate of drug-likeness (QED) is 0.631. The molecule has 1 aromatic carbocycles. The molecule has 0 aliphatic rings. The molecule has 0 bridgehead atoms. The molecule has 0 aliphatic heterocycles. The van der Waals surface area contributed by atoms with Gasteiger partial charge in [0.1, 0.15) is 0 Å². The smallest absolute Gasteiger partial charge is 0.277 e. The van der Waals surface area contributed by atoms with Gasteiger partial charge in [0.2, 0.25) is 11.8 Å². The highest BCUT2D eigenvalue weighted by Gasteiger charge is 2.13.